The highest BCUT2D eigenvalue weighted by Gasteiger charge is 2.49. The fraction of sp³-hybridized carbons (Fsp3) is 0.154. The Morgan fingerprint density at radius 3 is 1.31 bits per heavy atom. The van der Waals surface area contributed by atoms with Crippen molar-refractivity contribution in [2.24, 2.45) is 0 Å². The van der Waals surface area contributed by atoms with Crippen molar-refractivity contribution in [2.45, 2.75) is 50.4 Å². The number of carbonyl (C=O) groups is 2. The smallest absolute Gasteiger partial charge is 0.150 e. The number of aryl methyl sites for hydroxylation is 2. The Labute approximate surface area is 319 Å². The Bertz CT molecular complexity index is 2330. The van der Waals surface area contributed by atoms with E-state index < -0.39 is 5.41 Å². The van der Waals surface area contributed by atoms with Crippen molar-refractivity contribution in [3.63, 3.8) is 0 Å². The largest absolute Gasteiger partial charge is 0.298 e. The van der Waals surface area contributed by atoms with Crippen molar-refractivity contribution in [3.05, 3.63) is 225 Å². The van der Waals surface area contributed by atoms with Gasteiger partial charge < -0.3 is 0 Å². The van der Waals surface area contributed by atoms with Crippen LogP contribution in [0.1, 0.15) is 91.9 Å². The first-order chi connectivity index (χ1) is 26.7. The first kappa shape index (κ1) is 34.9. The molecular weight excluding hydrogens is 657 g/mol. The molecule has 0 heterocycles. The molecule has 264 valence electrons. The lowest BCUT2D eigenvalue weighted by atomic mass is 9.66. The standard InChI is InChI=1S/C50H38O2.C2H6/c51-33-37-23-19-35(20-24-37)27-29-49(30-28-36-21-25-38(34-52)26-22-36)45-17-9-7-15-41(45)43-32-48-44(31-47(43)49)42-16-8-10-18-46(42)50(48,39-11-3-1-4-12-39)40-13-5-2-6-14-40;1-2/h1-26,31-34H,27-30H2;1-2H3. The van der Waals surface area contributed by atoms with Crippen LogP contribution in [0.5, 0.6) is 0 Å². The molecule has 0 radical (unpaired) electrons. The number of hydrogen-bond acceptors (Lipinski definition) is 2. The topological polar surface area (TPSA) is 34.1 Å². The lowest BCUT2D eigenvalue weighted by molar-refractivity contribution is 0.111. The summed E-state index contributed by atoms with van der Waals surface area (Å²) in [7, 11) is 0. The van der Waals surface area contributed by atoms with Crippen LogP contribution in [0.3, 0.4) is 0 Å². The van der Waals surface area contributed by atoms with Crippen molar-refractivity contribution >= 4 is 12.6 Å². The number of rotatable bonds is 10. The van der Waals surface area contributed by atoms with Gasteiger partial charge in [0.15, 0.2) is 0 Å². The Morgan fingerprint density at radius 2 is 0.815 bits per heavy atom. The molecule has 0 bridgehead atoms. The van der Waals surface area contributed by atoms with E-state index in [-0.39, 0.29) is 5.41 Å². The summed E-state index contributed by atoms with van der Waals surface area (Å²) >= 11 is 0. The van der Waals surface area contributed by atoms with Gasteiger partial charge in [-0.05, 0) is 105 Å². The first-order valence-corrected chi connectivity index (χ1v) is 19.2. The molecule has 2 aliphatic carbocycles. The molecule has 9 rings (SSSR count). The second kappa shape index (κ2) is 14.7. The molecule has 0 aliphatic heterocycles. The summed E-state index contributed by atoms with van der Waals surface area (Å²) in [6.07, 6.45) is 5.42. The van der Waals surface area contributed by atoms with Crippen molar-refractivity contribution in [1.82, 2.24) is 0 Å². The molecule has 2 aliphatic rings. The monoisotopic (exact) mass is 700 g/mol. The van der Waals surface area contributed by atoms with Crippen LogP contribution in [0.15, 0.2) is 170 Å². The Morgan fingerprint density at radius 1 is 0.407 bits per heavy atom. The molecule has 7 aromatic carbocycles. The summed E-state index contributed by atoms with van der Waals surface area (Å²) in [5.41, 5.74) is 16.2. The van der Waals surface area contributed by atoms with E-state index in [0.717, 1.165) is 38.3 Å². The molecule has 2 heteroatoms. The normalized spacial score (nSPS) is 13.7. The van der Waals surface area contributed by atoms with E-state index in [2.05, 4.69) is 146 Å². The molecule has 54 heavy (non-hydrogen) atoms. The Balaban J connectivity index is 0.00000203. The van der Waals surface area contributed by atoms with E-state index in [1.807, 2.05) is 38.1 Å². The van der Waals surface area contributed by atoms with Gasteiger partial charge in [0, 0.05) is 16.5 Å². The highest BCUT2D eigenvalue weighted by molar-refractivity contribution is 5.92. The first-order valence-electron chi connectivity index (χ1n) is 19.2. The van der Waals surface area contributed by atoms with Crippen LogP contribution in [0.4, 0.5) is 0 Å². The van der Waals surface area contributed by atoms with Crippen molar-refractivity contribution in [3.8, 4) is 22.3 Å². The average molecular weight is 701 g/mol. The van der Waals surface area contributed by atoms with Crippen LogP contribution in [-0.2, 0) is 23.7 Å². The molecule has 0 aromatic heterocycles. The molecular formula is C52H44O2. The fourth-order valence-corrected chi connectivity index (χ4v) is 9.29. The zero-order valence-electron chi connectivity index (χ0n) is 31.0. The van der Waals surface area contributed by atoms with Gasteiger partial charge in [0.25, 0.3) is 0 Å². The van der Waals surface area contributed by atoms with E-state index in [4.69, 9.17) is 0 Å². The van der Waals surface area contributed by atoms with Gasteiger partial charge in [0.2, 0.25) is 0 Å². The lowest BCUT2D eigenvalue weighted by Crippen LogP contribution is -2.29. The molecule has 7 aromatic rings. The van der Waals surface area contributed by atoms with Gasteiger partial charge in [0.1, 0.15) is 12.6 Å². The predicted octanol–water partition coefficient (Wildman–Crippen LogP) is 12.2. The molecule has 0 saturated carbocycles. The summed E-state index contributed by atoms with van der Waals surface area (Å²) in [6.45, 7) is 4.00. The summed E-state index contributed by atoms with van der Waals surface area (Å²) in [6, 6.07) is 61.2. The minimum absolute atomic E-state index is 0.257. The highest BCUT2D eigenvalue weighted by atomic mass is 16.1. The maximum absolute atomic E-state index is 11.5. The van der Waals surface area contributed by atoms with Crippen LogP contribution in [-0.4, -0.2) is 12.6 Å². The number of hydrogen-bond donors (Lipinski definition) is 0. The van der Waals surface area contributed by atoms with Crippen LogP contribution in [0.25, 0.3) is 22.3 Å². The second-order valence-electron chi connectivity index (χ2n) is 14.3. The van der Waals surface area contributed by atoms with Gasteiger partial charge >= 0.3 is 0 Å². The highest BCUT2D eigenvalue weighted by Crippen LogP contribution is 2.61. The van der Waals surface area contributed by atoms with Crippen LogP contribution >= 0.6 is 0 Å². The molecule has 2 nitrogen and oxygen atoms in total. The number of carbonyl (C=O) groups excluding carboxylic acids is 2. The summed E-state index contributed by atoms with van der Waals surface area (Å²) in [5.74, 6) is 0. The zero-order valence-corrected chi connectivity index (χ0v) is 31.0. The fourth-order valence-electron chi connectivity index (χ4n) is 9.29. The number of benzene rings is 7. The van der Waals surface area contributed by atoms with Gasteiger partial charge in [-0.25, -0.2) is 0 Å². The summed E-state index contributed by atoms with van der Waals surface area (Å²) in [5, 5.41) is 0. The van der Waals surface area contributed by atoms with Crippen molar-refractivity contribution in [2.75, 3.05) is 0 Å². The minimum Gasteiger partial charge on any atom is -0.298 e. The van der Waals surface area contributed by atoms with Crippen molar-refractivity contribution < 1.29 is 9.59 Å². The molecule has 0 unspecified atom stereocenters. The molecule has 0 saturated heterocycles. The third-order valence-corrected chi connectivity index (χ3v) is 11.8. The average Bonchev–Trinajstić information content (AvgIpc) is 3.70. The summed E-state index contributed by atoms with van der Waals surface area (Å²) in [4.78, 5) is 22.9. The number of aldehydes is 2. The molecule has 0 spiro atoms. The maximum atomic E-state index is 11.5. The van der Waals surface area contributed by atoms with E-state index in [0.29, 0.717) is 11.1 Å². The third kappa shape index (κ3) is 5.65. The van der Waals surface area contributed by atoms with Crippen molar-refractivity contribution in [1.29, 1.82) is 0 Å². The van der Waals surface area contributed by atoms with Crippen LogP contribution in [0.2, 0.25) is 0 Å². The third-order valence-electron chi connectivity index (χ3n) is 11.8. The van der Waals surface area contributed by atoms with Gasteiger partial charge in [-0.15, -0.1) is 0 Å². The summed E-state index contributed by atoms with van der Waals surface area (Å²) < 4.78 is 0. The van der Waals surface area contributed by atoms with Gasteiger partial charge in [-0.1, -0.05) is 172 Å². The minimum atomic E-state index is -0.468. The Kier molecular flexibility index (Phi) is 9.52. The molecule has 0 fully saturated rings. The predicted molar refractivity (Wildman–Crippen MR) is 222 cm³/mol. The van der Waals surface area contributed by atoms with E-state index in [1.165, 1.54) is 66.8 Å². The van der Waals surface area contributed by atoms with Gasteiger partial charge in [-0.2, -0.15) is 0 Å². The molecule has 0 amide bonds. The van der Waals surface area contributed by atoms with E-state index in [1.54, 1.807) is 0 Å². The van der Waals surface area contributed by atoms with Gasteiger partial charge in [-0.3, -0.25) is 9.59 Å². The zero-order chi connectivity index (χ0) is 37.1. The maximum Gasteiger partial charge on any atom is 0.150 e. The SMILES string of the molecule is CC.O=Cc1ccc(CCC2(CCc3ccc(C=O)cc3)c3ccccc3-c3cc4c(cc32)-c2ccccc2C4(c2ccccc2)c2ccccc2)cc1. The van der Waals surface area contributed by atoms with E-state index >= 15 is 0 Å². The number of fused-ring (bicyclic) bond motifs is 6. The lowest BCUT2D eigenvalue weighted by Gasteiger charge is -2.35. The molecule has 0 N–H and O–H groups in total. The quantitative estimate of drug-likeness (QED) is 0.133. The van der Waals surface area contributed by atoms with Crippen LogP contribution < -0.4 is 0 Å². The van der Waals surface area contributed by atoms with Crippen LogP contribution in [0, 0.1) is 0 Å². The second-order valence-corrected chi connectivity index (χ2v) is 14.3. The van der Waals surface area contributed by atoms with Gasteiger partial charge in [0.05, 0.1) is 5.41 Å². The Hall–Kier alpha value is -6.12. The van der Waals surface area contributed by atoms with E-state index in [9.17, 15) is 9.59 Å². The molecule has 0 atom stereocenters.